The number of hydrogen-bond acceptors (Lipinski definition) is 6. The van der Waals surface area contributed by atoms with Crippen molar-refractivity contribution >= 4 is 17.7 Å². The number of aliphatic hydroxyl groups is 1. The maximum atomic E-state index is 12.8. The number of esters is 2. The van der Waals surface area contributed by atoms with Crippen LogP contribution in [0.5, 0.6) is 0 Å². The first-order chi connectivity index (χ1) is 13.2. The molecule has 4 atom stereocenters. The third-order valence-electron chi connectivity index (χ3n) is 4.92. The zero-order valence-corrected chi connectivity index (χ0v) is 16.2. The van der Waals surface area contributed by atoms with E-state index in [4.69, 9.17) is 9.47 Å². The molecule has 1 aromatic carbocycles. The van der Waals surface area contributed by atoms with Crippen molar-refractivity contribution in [1.29, 1.82) is 0 Å². The van der Waals surface area contributed by atoms with Gasteiger partial charge in [-0.3, -0.25) is 14.4 Å². The van der Waals surface area contributed by atoms with Crippen molar-refractivity contribution in [3.63, 3.8) is 0 Å². The molecule has 0 bridgehead atoms. The number of hydrogen-bond donors (Lipinski definition) is 1. The number of aryl methyl sites for hydroxylation is 1. The van der Waals surface area contributed by atoms with E-state index in [-0.39, 0.29) is 19.6 Å². The number of carbonyl (C=O) groups is 3. The van der Waals surface area contributed by atoms with Crippen LogP contribution in [-0.2, 0) is 23.9 Å². The first-order valence-electron chi connectivity index (χ1n) is 9.09. The van der Waals surface area contributed by atoms with Gasteiger partial charge in [-0.05, 0) is 19.4 Å². The van der Waals surface area contributed by atoms with Crippen LogP contribution in [-0.4, -0.2) is 41.6 Å². The molecule has 4 unspecified atom stereocenters. The Morgan fingerprint density at radius 2 is 1.68 bits per heavy atom. The average Bonchev–Trinajstić information content (AvgIpc) is 2.63. The maximum Gasteiger partial charge on any atom is 0.317 e. The lowest BCUT2D eigenvalue weighted by Crippen LogP contribution is -2.55. The monoisotopic (exact) mass is 386 g/mol. The number of ether oxygens (including phenoxy) is 2. The Morgan fingerprint density at radius 1 is 1.14 bits per heavy atom. The summed E-state index contributed by atoms with van der Waals surface area (Å²) in [6, 6.07) is 7.13. The molecule has 0 heterocycles. The van der Waals surface area contributed by atoms with Crippen LogP contribution >= 0.6 is 0 Å². The molecule has 6 nitrogen and oxygen atoms in total. The van der Waals surface area contributed by atoms with Crippen LogP contribution in [0.1, 0.15) is 30.4 Å². The summed E-state index contributed by atoms with van der Waals surface area (Å²) in [5.74, 6) is -5.15. The highest BCUT2D eigenvalue weighted by Gasteiger charge is 2.57. The van der Waals surface area contributed by atoms with E-state index in [9.17, 15) is 19.5 Å². The summed E-state index contributed by atoms with van der Waals surface area (Å²) in [7, 11) is 0. The first-order valence-corrected chi connectivity index (χ1v) is 9.09. The molecule has 150 valence electrons. The van der Waals surface area contributed by atoms with Gasteiger partial charge in [0, 0.05) is 12.3 Å². The highest BCUT2D eigenvalue weighted by molar-refractivity contribution is 6.02. The number of Topliss-reactive ketones (excluding diaryl/α,β-unsaturated/α-hetero) is 1. The summed E-state index contributed by atoms with van der Waals surface area (Å²) in [5, 5.41) is 10.9. The molecule has 0 aliphatic heterocycles. The van der Waals surface area contributed by atoms with Crippen molar-refractivity contribution in [3.8, 4) is 0 Å². The van der Waals surface area contributed by atoms with Crippen molar-refractivity contribution in [2.24, 2.45) is 11.8 Å². The van der Waals surface area contributed by atoms with E-state index in [2.05, 4.69) is 13.2 Å². The summed E-state index contributed by atoms with van der Waals surface area (Å²) in [5.41, 5.74) is -0.102. The normalized spacial score (nSPS) is 27.0. The number of rotatable bonds is 7. The van der Waals surface area contributed by atoms with Crippen molar-refractivity contribution in [2.75, 3.05) is 13.2 Å². The molecular weight excluding hydrogens is 360 g/mol. The third kappa shape index (κ3) is 4.57. The zero-order chi connectivity index (χ0) is 20.9. The minimum atomic E-state index is -1.67. The molecule has 0 radical (unpaired) electrons. The topological polar surface area (TPSA) is 89.9 Å². The maximum absolute atomic E-state index is 12.8. The molecule has 1 aromatic rings. The second-order valence-electron chi connectivity index (χ2n) is 7.23. The smallest absolute Gasteiger partial charge is 0.317 e. The van der Waals surface area contributed by atoms with Crippen LogP contribution in [0.15, 0.2) is 49.6 Å². The average molecular weight is 386 g/mol. The van der Waals surface area contributed by atoms with Crippen molar-refractivity contribution in [1.82, 2.24) is 0 Å². The Morgan fingerprint density at radius 3 is 2.21 bits per heavy atom. The second-order valence-corrected chi connectivity index (χ2v) is 7.23. The predicted molar refractivity (Wildman–Crippen MR) is 103 cm³/mol. The fourth-order valence-electron chi connectivity index (χ4n) is 3.67. The van der Waals surface area contributed by atoms with Crippen LogP contribution < -0.4 is 0 Å². The first kappa shape index (κ1) is 21.6. The molecule has 28 heavy (non-hydrogen) atoms. The standard InChI is InChI=1S/C22H26O6/c1-5-11-27-20(24)18-16(23)13-22(4,26)19(21(25)28-12-6-2)17(18)15-9-7-14(3)8-10-15/h5-10,17-19,26H,1-2,11-13H2,3-4H3. The lowest BCUT2D eigenvalue weighted by Gasteiger charge is -2.43. The van der Waals surface area contributed by atoms with E-state index >= 15 is 0 Å². The summed E-state index contributed by atoms with van der Waals surface area (Å²) < 4.78 is 10.3. The Hall–Kier alpha value is -2.73. The Labute approximate surface area is 164 Å². The van der Waals surface area contributed by atoms with Crippen molar-refractivity contribution < 1.29 is 29.0 Å². The fourth-order valence-corrected chi connectivity index (χ4v) is 3.67. The van der Waals surface area contributed by atoms with Gasteiger partial charge in [-0.15, -0.1) is 0 Å². The molecule has 0 saturated heterocycles. The van der Waals surface area contributed by atoms with E-state index < -0.39 is 41.1 Å². The minimum Gasteiger partial charge on any atom is -0.461 e. The zero-order valence-electron chi connectivity index (χ0n) is 16.2. The summed E-state index contributed by atoms with van der Waals surface area (Å²) in [6.45, 7) is 10.2. The van der Waals surface area contributed by atoms with Crippen LogP contribution in [0.25, 0.3) is 0 Å². The van der Waals surface area contributed by atoms with Gasteiger partial charge < -0.3 is 14.6 Å². The highest BCUT2D eigenvalue weighted by atomic mass is 16.5. The number of carbonyl (C=O) groups excluding carboxylic acids is 3. The van der Waals surface area contributed by atoms with Crippen LogP contribution in [0.3, 0.4) is 0 Å². The summed E-state index contributed by atoms with van der Waals surface area (Å²) in [6.07, 6.45) is 2.46. The minimum absolute atomic E-state index is 0.0362. The van der Waals surface area contributed by atoms with Crippen LogP contribution in [0.2, 0.25) is 0 Å². The molecule has 1 fully saturated rings. The molecular formula is C22H26O6. The molecule has 0 spiro atoms. The Kier molecular flexibility index (Phi) is 6.91. The molecule has 1 aliphatic rings. The van der Waals surface area contributed by atoms with E-state index in [1.165, 1.54) is 19.1 Å². The van der Waals surface area contributed by atoms with Gasteiger partial charge in [0.25, 0.3) is 0 Å². The molecule has 1 N–H and O–H groups in total. The van der Waals surface area contributed by atoms with E-state index in [1.54, 1.807) is 12.1 Å². The Balaban J connectivity index is 2.56. The molecule has 0 amide bonds. The highest BCUT2D eigenvalue weighted by Crippen LogP contribution is 2.46. The Bertz CT molecular complexity index is 762. The summed E-state index contributed by atoms with van der Waals surface area (Å²) in [4.78, 5) is 38.3. The van der Waals surface area contributed by atoms with Gasteiger partial charge in [0.2, 0.25) is 0 Å². The van der Waals surface area contributed by atoms with Gasteiger partial charge in [-0.1, -0.05) is 55.1 Å². The van der Waals surface area contributed by atoms with Crippen molar-refractivity contribution in [2.45, 2.75) is 31.8 Å². The number of benzene rings is 1. The van der Waals surface area contributed by atoms with Gasteiger partial charge in [0.15, 0.2) is 5.78 Å². The SMILES string of the molecule is C=CCOC(=O)C1C(=O)CC(C)(O)C(C(=O)OCC=C)C1c1ccc(C)cc1. The molecule has 0 aromatic heterocycles. The van der Waals surface area contributed by atoms with Crippen molar-refractivity contribution in [3.05, 3.63) is 60.7 Å². The fraction of sp³-hybridized carbons (Fsp3) is 0.409. The molecule has 2 rings (SSSR count). The quantitative estimate of drug-likeness (QED) is 0.440. The van der Waals surface area contributed by atoms with Crippen LogP contribution in [0.4, 0.5) is 0 Å². The van der Waals surface area contributed by atoms with Gasteiger partial charge >= 0.3 is 11.9 Å². The van der Waals surface area contributed by atoms with Gasteiger partial charge in [0.1, 0.15) is 19.1 Å². The predicted octanol–water partition coefficient (Wildman–Crippen LogP) is 2.49. The van der Waals surface area contributed by atoms with E-state index in [0.717, 1.165) is 5.56 Å². The van der Waals surface area contributed by atoms with Gasteiger partial charge in [-0.25, -0.2) is 0 Å². The molecule has 1 saturated carbocycles. The summed E-state index contributed by atoms with van der Waals surface area (Å²) >= 11 is 0. The number of ketones is 1. The lowest BCUT2D eigenvalue weighted by molar-refractivity contribution is -0.171. The third-order valence-corrected chi connectivity index (χ3v) is 4.92. The second kappa shape index (κ2) is 8.97. The lowest BCUT2D eigenvalue weighted by atomic mass is 9.61. The molecule has 6 heteroatoms. The van der Waals surface area contributed by atoms with Gasteiger partial charge in [-0.2, -0.15) is 0 Å². The van der Waals surface area contributed by atoms with E-state index in [0.29, 0.717) is 5.56 Å². The van der Waals surface area contributed by atoms with Crippen LogP contribution in [0, 0.1) is 18.8 Å². The van der Waals surface area contributed by atoms with E-state index in [1.807, 2.05) is 19.1 Å². The molecule has 1 aliphatic carbocycles. The largest absolute Gasteiger partial charge is 0.461 e. The van der Waals surface area contributed by atoms with Gasteiger partial charge in [0.05, 0.1) is 11.5 Å².